The Morgan fingerprint density at radius 1 is 1.29 bits per heavy atom. The van der Waals surface area contributed by atoms with E-state index in [2.05, 4.69) is 4.98 Å². The van der Waals surface area contributed by atoms with Crippen LogP contribution in [0.2, 0.25) is 0 Å². The lowest BCUT2D eigenvalue weighted by atomic mass is 10.1. The fourth-order valence-corrected chi connectivity index (χ4v) is 5.54. The lowest BCUT2D eigenvalue weighted by Crippen LogP contribution is -2.37. The molecule has 0 aliphatic carbocycles. The Bertz CT molecular complexity index is 927. The third-order valence-electron chi connectivity index (χ3n) is 4.97. The monoisotopic (exact) mass is 424 g/mol. The summed E-state index contributed by atoms with van der Waals surface area (Å²) in [6.07, 6.45) is 5.52. The molecule has 28 heavy (non-hydrogen) atoms. The van der Waals surface area contributed by atoms with Crippen LogP contribution in [0.15, 0.2) is 22.5 Å². The van der Waals surface area contributed by atoms with Crippen molar-refractivity contribution in [1.29, 1.82) is 0 Å². The van der Waals surface area contributed by atoms with Crippen LogP contribution >= 0.6 is 11.3 Å². The van der Waals surface area contributed by atoms with Crippen molar-refractivity contribution in [3.63, 3.8) is 0 Å². The first-order valence-electron chi connectivity index (χ1n) is 9.69. The SMILES string of the molecule is CCCN(C)S(=O)(=O)c1cc(-c2nc(C)cs2)n(CC(=O)N2CCCCC2)c1. The summed E-state index contributed by atoms with van der Waals surface area (Å²) in [6.45, 7) is 5.97. The topological polar surface area (TPSA) is 75.5 Å². The predicted octanol–water partition coefficient (Wildman–Crippen LogP) is 2.96. The second-order valence-corrected chi connectivity index (χ2v) is 10.2. The van der Waals surface area contributed by atoms with Crippen molar-refractivity contribution in [3.05, 3.63) is 23.3 Å². The van der Waals surface area contributed by atoms with Gasteiger partial charge in [-0.15, -0.1) is 11.3 Å². The first kappa shape index (κ1) is 21.0. The van der Waals surface area contributed by atoms with Crippen LogP contribution in [0, 0.1) is 6.92 Å². The number of thiazole rings is 1. The van der Waals surface area contributed by atoms with E-state index in [-0.39, 0.29) is 17.3 Å². The van der Waals surface area contributed by atoms with Gasteiger partial charge in [0.15, 0.2) is 0 Å². The number of aromatic nitrogens is 2. The molecule has 3 rings (SSSR count). The number of piperidine rings is 1. The lowest BCUT2D eigenvalue weighted by molar-refractivity contribution is -0.132. The van der Waals surface area contributed by atoms with Gasteiger partial charge < -0.3 is 9.47 Å². The van der Waals surface area contributed by atoms with Crippen molar-refractivity contribution >= 4 is 27.3 Å². The smallest absolute Gasteiger partial charge is 0.244 e. The fourth-order valence-electron chi connectivity index (χ4n) is 3.41. The Labute approximate surface area is 171 Å². The summed E-state index contributed by atoms with van der Waals surface area (Å²) in [4.78, 5) is 19.4. The van der Waals surface area contributed by atoms with Gasteiger partial charge in [0.1, 0.15) is 16.4 Å². The number of nitrogens with zero attached hydrogens (tertiary/aromatic N) is 4. The molecule has 0 atom stereocenters. The number of hydrogen-bond donors (Lipinski definition) is 0. The van der Waals surface area contributed by atoms with E-state index in [1.165, 1.54) is 15.6 Å². The summed E-state index contributed by atoms with van der Waals surface area (Å²) in [5, 5.41) is 2.65. The van der Waals surface area contributed by atoms with E-state index in [0.717, 1.165) is 49.5 Å². The Kier molecular flexibility index (Phi) is 6.57. The summed E-state index contributed by atoms with van der Waals surface area (Å²) in [6, 6.07) is 1.64. The highest BCUT2D eigenvalue weighted by molar-refractivity contribution is 7.89. The second kappa shape index (κ2) is 8.75. The van der Waals surface area contributed by atoms with E-state index in [4.69, 9.17) is 0 Å². The molecular formula is C19H28N4O3S2. The first-order chi connectivity index (χ1) is 13.3. The zero-order valence-corrected chi connectivity index (χ0v) is 18.4. The molecule has 0 unspecified atom stereocenters. The van der Waals surface area contributed by atoms with Crippen LogP contribution < -0.4 is 0 Å². The fraction of sp³-hybridized carbons (Fsp3) is 0.579. The second-order valence-electron chi connectivity index (χ2n) is 7.25. The molecule has 7 nitrogen and oxygen atoms in total. The average Bonchev–Trinajstić information content (AvgIpc) is 3.29. The van der Waals surface area contributed by atoms with Gasteiger partial charge >= 0.3 is 0 Å². The lowest BCUT2D eigenvalue weighted by Gasteiger charge is -2.27. The van der Waals surface area contributed by atoms with E-state index in [9.17, 15) is 13.2 Å². The van der Waals surface area contributed by atoms with E-state index in [1.807, 2.05) is 24.1 Å². The van der Waals surface area contributed by atoms with Gasteiger partial charge in [-0.2, -0.15) is 0 Å². The van der Waals surface area contributed by atoms with E-state index in [0.29, 0.717) is 12.2 Å². The molecule has 0 saturated carbocycles. The van der Waals surface area contributed by atoms with Gasteiger partial charge in [0.25, 0.3) is 0 Å². The maximum Gasteiger partial charge on any atom is 0.244 e. The predicted molar refractivity (Wildman–Crippen MR) is 111 cm³/mol. The van der Waals surface area contributed by atoms with Crippen LogP contribution in [-0.2, 0) is 21.4 Å². The summed E-state index contributed by atoms with van der Waals surface area (Å²) in [5.74, 6) is 0.0238. The maximum absolute atomic E-state index is 12.9. The van der Waals surface area contributed by atoms with E-state index < -0.39 is 10.0 Å². The number of carbonyl (C=O) groups excluding carboxylic acids is 1. The van der Waals surface area contributed by atoms with Crippen LogP contribution in [0.1, 0.15) is 38.3 Å². The summed E-state index contributed by atoms with van der Waals surface area (Å²) in [7, 11) is -2.01. The largest absolute Gasteiger partial charge is 0.341 e. The van der Waals surface area contributed by atoms with E-state index >= 15 is 0 Å². The van der Waals surface area contributed by atoms with Crippen molar-refractivity contribution in [3.8, 4) is 10.7 Å². The van der Waals surface area contributed by atoms with Crippen molar-refractivity contribution in [1.82, 2.24) is 18.8 Å². The molecule has 9 heteroatoms. The minimum atomic E-state index is -3.60. The summed E-state index contributed by atoms with van der Waals surface area (Å²) < 4.78 is 28.9. The van der Waals surface area contributed by atoms with Crippen molar-refractivity contribution in [2.75, 3.05) is 26.7 Å². The van der Waals surface area contributed by atoms with E-state index in [1.54, 1.807) is 23.9 Å². The van der Waals surface area contributed by atoms with Gasteiger partial charge in [-0.25, -0.2) is 17.7 Å². The molecule has 1 aliphatic heterocycles. The molecule has 0 bridgehead atoms. The number of likely N-dealkylation sites (tertiary alicyclic amines) is 1. The number of hydrogen-bond acceptors (Lipinski definition) is 5. The molecule has 3 heterocycles. The molecule has 0 aromatic carbocycles. The summed E-state index contributed by atoms with van der Waals surface area (Å²) in [5.41, 5.74) is 1.55. The normalized spacial score (nSPS) is 15.4. The van der Waals surface area contributed by atoms with Crippen molar-refractivity contribution < 1.29 is 13.2 Å². The van der Waals surface area contributed by atoms with Crippen LogP contribution in [0.3, 0.4) is 0 Å². The molecule has 1 fully saturated rings. The van der Waals surface area contributed by atoms with Crippen LogP contribution in [0.5, 0.6) is 0 Å². The molecule has 1 saturated heterocycles. The molecule has 0 spiro atoms. The third-order valence-corrected chi connectivity index (χ3v) is 7.78. The minimum absolute atomic E-state index is 0.0238. The molecule has 154 valence electrons. The van der Waals surface area contributed by atoms with Gasteiger partial charge in [0.05, 0.1) is 5.69 Å². The van der Waals surface area contributed by atoms with Gasteiger partial charge in [-0.1, -0.05) is 6.92 Å². The number of carbonyl (C=O) groups is 1. The number of sulfonamides is 1. The van der Waals surface area contributed by atoms with Gasteiger partial charge in [0.2, 0.25) is 15.9 Å². The first-order valence-corrected chi connectivity index (χ1v) is 12.0. The highest BCUT2D eigenvalue weighted by Crippen LogP contribution is 2.29. The van der Waals surface area contributed by atoms with Crippen LogP contribution in [0.4, 0.5) is 0 Å². The molecular weight excluding hydrogens is 396 g/mol. The van der Waals surface area contributed by atoms with Crippen LogP contribution in [-0.4, -0.2) is 59.8 Å². The molecule has 1 aliphatic rings. The number of amides is 1. The zero-order chi connectivity index (χ0) is 20.3. The Balaban J connectivity index is 1.95. The number of aryl methyl sites for hydroxylation is 1. The van der Waals surface area contributed by atoms with Gasteiger partial charge in [-0.05, 0) is 38.7 Å². The van der Waals surface area contributed by atoms with Crippen molar-refractivity contribution in [2.24, 2.45) is 0 Å². The van der Waals surface area contributed by atoms with Crippen LogP contribution in [0.25, 0.3) is 10.7 Å². The molecule has 2 aromatic rings. The molecule has 1 amide bonds. The molecule has 0 N–H and O–H groups in total. The van der Waals surface area contributed by atoms with Gasteiger partial charge in [-0.3, -0.25) is 4.79 Å². The summed E-state index contributed by atoms with van der Waals surface area (Å²) >= 11 is 1.46. The highest BCUT2D eigenvalue weighted by atomic mass is 32.2. The standard InChI is InChI=1S/C19H28N4O3S2/c1-4-8-21(3)28(25,26)16-11-17(19-20-15(2)14-27-19)23(12-16)13-18(24)22-9-6-5-7-10-22/h11-12,14H,4-10,13H2,1-3H3. The zero-order valence-electron chi connectivity index (χ0n) is 16.7. The quantitative estimate of drug-likeness (QED) is 0.685. The number of rotatable bonds is 7. The molecule has 0 radical (unpaired) electrons. The van der Waals surface area contributed by atoms with Gasteiger partial charge in [0, 0.05) is 44.0 Å². The Morgan fingerprint density at radius 3 is 2.61 bits per heavy atom. The minimum Gasteiger partial charge on any atom is -0.341 e. The van der Waals surface area contributed by atoms with Crippen molar-refractivity contribution in [2.45, 2.75) is 51.0 Å². The average molecular weight is 425 g/mol. The Morgan fingerprint density at radius 2 is 2.00 bits per heavy atom. The highest BCUT2D eigenvalue weighted by Gasteiger charge is 2.26. The maximum atomic E-state index is 12.9. The third kappa shape index (κ3) is 4.47. The Hall–Kier alpha value is -1.71. The molecule has 2 aromatic heterocycles.